The van der Waals surface area contributed by atoms with Gasteiger partial charge in [0.05, 0.1) is 12.6 Å². The Bertz CT molecular complexity index is 803. The van der Waals surface area contributed by atoms with E-state index in [1.165, 1.54) is 0 Å². The van der Waals surface area contributed by atoms with Crippen molar-refractivity contribution in [3.05, 3.63) is 47.4 Å². The van der Waals surface area contributed by atoms with Crippen LogP contribution < -0.4 is 4.90 Å². The highest BCUT2D eigenvalue weighted by atomic mass is 16.5. The molecule has 2 fully saturated rings. The van der Waals surface area contributed by atoms with Crippen molar-refractivity contribution in [3.8, 4) is 0 Å². The number of rotatable bonds is 6. The fourth-order valence-electron chi connectivity index (χ4n) is 4.32. The van der Waals surface area contributed by atoms with Crippen LogP contribution in [0.1, 0.15) is 34.6 Å². The van der Waals surface area contributed by atoms with Gasteiger partial charge in [-0.05, 0) is 44.9 Å². The average Bonchev–Trinajstić information content (AvgIpc) is 3.33. The molecule has 0 N–H and O–H groups in total. The summed E-state index contributed by atoms with van der Waals surface area (Å²) in [4.78, 5) is 21.9. The van der Waals surface area contributed by atoms with Crippen LogP contribution in [0.2, 0.25) is 0 Å². The van der Waals surface area contributed by atoms with E-state index in [4.69, 9.17) is 4.74 Å². The number of ether oxygens (including phenoxy) is 1. The molecule has 6 nitrogen and oxygen atoms in total. The average molecular weight is 383 g/mol. The lowest BCUT2D eigenvalue weighted by Crippen LogP contribution is -2.48. The first-order valence-corrected chi connectivity index (χ1v) is 10.3. The number of carbonyl (C=O) groups is 1. The van der Waals surface area contributed by atoms with Crippen LogP contribution in [0.4, 0.5) is 5.82 Å². The van der Waals surface area contributed by atoms with E-state index >= 15 is 0 Å². The van der Waals surface area contributed by atoms with E-state index in [-0.39, 0.29) is 11.9 Å². The van der Waals surface area contributed by atoms with Crippen LogP contribution in [0.3, 0.4) is 0 Å². The van der Waals surface area contributed by atoms with Gasteiger partial charge < -0.3 is 14.2 Å². The van der Waals surface area contributed by atoms with Gasteiger partial charge in [-0.3, -0.25) is 9.69 Å². The SMILES string of the molecule is Cc1cc(C(=O)CN2CCN(c3ccccn3)CC2)c(C)n1C[C@@H]1CCCO1. The highest BCUT2D eigenvalue weighted by molar-refractivity contribution is 5.99. The minimum atomic E-state index is 0.220. The Labute approximate surface area is 167 Å². The zero-order valence-electron chi connectivity index (χ0n) is 16.9. The van der Waals surface area contributed by atoms with E-state index in [0.29, 0.717) is 6.54 Å². The number of hydrogen-bond donors (Lipinski definition) is 0. The third-order valence-electron chi connectivity index (χ3n) is 6.00. The molecule has 0 unspecified atom stereocenters. The molecule has 0 aliphatic carbocycles. The van der Waals surface area contributed by atoms with Crippen LogP contribution in [-0.2, 0) is 11.3 Å². The maximum atomic E-state index is 13.0. The number of aromatic nitrogens is 2. The van der Waals surface area contributed by atoms with Crippen molar-refractivity contribution in [3.63, 3.8) is 0 Å². The van der Waals surface area contributed by atoms with Gasteiger partial charge in [0.2, 0.25) is 0 Å². The second kappa shape index (κ2) is 8.45. The number of pyridine rings is 1. The molecule has 2 aliphatic rings. The van der Waals surface area contributed by atoms with Crippen LogP contribution in [0.15, 0.2) is 30.5 Å². The van der Waals surface area contributed by atoms with Crippen LogP contribution >= 0.6 is 0 Å². The van der Waals surface area contributed by atoms with Crippen molar-refractivity contribution in [2.45, 2.75) is 39.3 Å². The van der Waals surface area contributed by atoms with Crippen LogP contribution in [0.25, 0.3) is 0 Å². The highest BCUT2D eigenvalue weighted by Crippen LogP contribution is 2.21. The lowest BCUT2D eigenvalue weighted by Gasteiger charge is -2.35. The summed E-state index contributed by atoms with van der Waals surface area (Å²) in [6.45, 7) is 9.94. The summed E-state index contributed by atoms with van der Waals surface area (Å²) in [6, 6.07) is 8.05. The summed E-state index contributed by atoms with van der Waals surface area (Å²) in [5.41, 5.74) is 3.09. The molecule has 0 bridgehead atoms. The maximum absolute atomic E-state index is 13.0. The Morgan fingerprint density at radius 1 is 1.21 bits per heavy atom. The first kappa shape index (κ1) is 19.2. The third kappa shape index (κ3) is 4.13. The zero-order chi connectivity index (χ0) is 19.5. The minimum Gasteiger partial charge on any atom is -0.376 e. The number of piperazine rings is 1. The Morgan fingerprint density at radius 3 is 2.71 bits per heavy atom. The molecule has 2 aromatic rings. The number of ketones is 1. The van der Waals surface area contributed by atoms with Gasteiger partial charge in [0.1, 0.15) is 5.82 Å². The molecule has 0 radical (unpaired) electrons. The van der Waals surface area contributed by atoms with Crippen molar-refractivity contribution < 1.29 is 9.53 Å². The number of carbonyl (C=O) groups excluding carboxylic acids is 1. The molecule has 0 saturated carbocycles. The second-order valence-electron chi connectivity index (χ2n) is 7.90. The maximum Gasteiger partial charge on any atom is 0.178 e. The Morgan fingerprint density at radius 2 is 2.04 bits per heavy atom. The minimum absolute atomic E-state index is 0.220. The molecule has 6 heteroatoms. The standard InChI is InChI=1S/C22H30N4O2/c1-17-14-20(18(2)26(17)15-19-6-5-13-28-19)21(27)16-24-9-11-25(12-10-24)22-7-3-4-8-23-22/h3-4,7-8,14,19H,5-6,9-13,15-16H2,1-2H3/t19-/m0/s1. The van der Waals surface area contributed by atoms with Crippen molar-refractivity contribution >= 4 is 11.6 Å². The van der Waals surface area contributed by atoms with E-state index in [2.05, 4.69) is 39.3 Å². The molecular formula is C22H30N4O2. The smallest absolute Gasteiger partial charge is 0.178 e. The molecule has 0 spiro atoms. The molecular weight excluding hydrogens is 352 g/mol. The third-order valence-corrected chi connectivity index (χ3v) is 6.00. The molecule has 4 heterocycles. The molecule has 2 aromatic heterocycles. The topological polar surface area (TPSA) is 50.6 Å². The van der Waals surface area contributed by atoms with Gasteiger partial charge in [0.25, 0.3) is 0 Å². The van der Waals surface area contributed by atoms with Gasteiger partial charge in [-0.2, -0.15) is 0 Å². The molecule has 0 aromatic carbocycles. The van der Waals surface area contributed by atoms with Crippen molar-refractivity contribution in [2.24, 2.45) is 0 Å². The fraction of sp³-hybridized carbons (Fsp3) is 0.545. The van der Waals surface area contributed by atoms with Crippen molar-refractivity contribution in [2.75, 3.05) is 44.2 Å². The van der Waals surface area contributed by atoms with Gasteiger partial charge in [0.15, 0.2) is 5.78 Å². The summed E-state index contributed by atoms with van der Waals surface area (Å²) >= 11 is 0. The fourth-order valence-corrected chi connectivity index (χ4v) is 4.32. The van der Waals surface area contributed by atoms with E-state index < -0.39 is 0 Å². The summed E-state index contributed by atoms with van der Waals surface area (Å²) in [7, 11) is 0. The predicted molar refractivity (Wildman–Crippen MR) is 110 cm³/mol. The first-order chi connectivity index (χ1) is 13.6. The normalized spacial score (nSPS) is 20.6. The van der Waals surface area contributed by atoms with Gasteiger partial charge in [-0.25, -0.2) is 4.98 Å². The quantitative estimate of drug-likeness (QED) is 0.719. The van der Waals surface area contributed by atoms with Gasteiger partial charge >= 0.3 is 0 Å². The summed E-state index contributed by atoms with van der Waals surface area (Å²) in [5, 5.41) is 0. The first-order valence-electron chi connectivity index (χ1n) is 10.3. The number of aryl methyl sites for hydroxylation is 1. The van der Waals surface area contributed by atoms with Crippen LogP contribution in [0, 0.1) is 13.8 Å². The van der Waals surface area contributed by atoms with E-state index in [1.807, 2.05) is 24.4 Å². The second-order valence-corrected chi connectivity index (χ2v) is 7.90. The molecule has 4 rings (SSSR count). The Balaban J connectivity index is 1.35. The van der Waals surface area contributed by atoms with E-state index in [1.54, 1.807) is 0 Å². The van der Waals surface area contributed by atoms with Crippen molar-refractivity contribution in [1.29, 1.82) is 0 Å². The van der Waals surface area contributed by atoms with Crippen LogP contribution in [-0.4, -0.2) is 65.7 Å². The number of nitrogens with zero attached hydrogens (tertiary/aromatic N) is 4. The molecule has 28 heavy (non-hydrogen) atoms. The van der Waals surface area contributed by atoms with Crippen molar-refractivity contribution in [1.82, 2.24) is 14.5 Å². The Hall–Kier alpha value is -2.18. The summed E-state index contributed by atoms with van der Waals surface area (Å²) in [5.74, 6) is 1.24. The largest absolute Gasteiger partial charge is 0.376 e. The molecule has 1 atom stereocenters. The van der Waals surface area contributed by atoms with Crippen LogP contribution in [0.5, 0.6) is 0 Å². The number of Topliss-reactive ketones (excluding diaryl/α,β-unsaturated/α-hetero) is 1. The van der Waals surface area contributed by atoms with Gasteiger partial charge in [0, 0.05) is 62.5 Å². The summed E-state index contributed by atoms with van der Waals surface area (Å²) < 4.78 is 8.03. The van der Waals surface area contributed by atoms with E-state index in [0.717, 1.165) is 74.9 Å². The zero-order valence-corrected chi connectivity index (χ0v) is 16.9. The monoisotopic (exact) mass is 382 g/mol. The van der Waals surface area contributed by atoms with E-state index in [9.17, 15) is 4.79 Å². The van der Waals surface area contributed by atoms with Gasteiger partial charge in [-0.1, -0.05) is 6.07 Å². The summed E-state index contributed by atoms with van der Waals surface area (Å²) in [6.07, 6.45) is 4.37. The molecule has 2 saturated heterocycles. The number of hydrogen-bond acceptors (Lipinski definition) is 5. The lowest BCUT2D eigenvalue weighted by atomic mass is 10.1. The molecule has 0 amide bonds. The highest BCUT2D eigenvalue weighted by Gasteiger charge is 2.24. The lowest BCUT2D eigenvalue weighted by molar-refractivity contribution is 0.0918. The number of anilines is 1. The predicted octanol–water partition coefficient (Wildman–Crippen LogP) is 2.68. The Kier molecular flexibility index (Phi) is 5.78. The molecule has 150 valence electrons. The molecule has 2 aliphatic heterocycles. The van der Waals surface area contributed by atoms with Gasteiger partial charge in [-0.15, -0.1) is 0 Å².